The Hall–Kier alpha value is -1.07. The summed E-state index contributed by atoms with van der Waals surface area (Å²) in [4.78, 5) is 0.168. The van der Waals surface area contributed by atoms with Gasteiger partial charge in [-0.3, -0.25) is 0 Å². The van der Waals surface area contributed by atoms with Crippen LogP contribution < -0.4 is 10.5 Å². The number of unbranched alkanes of at least 4 members (excludes halogenated alkanes) is 5. The van der Waals surface area contributed by atoms with Crippen molar-refractivity contribution in [1.29, 1.82) is 0 Å². The van der Waals surface area contributed by atoms with Gasteiger partial charge in [0.2, 0.25) is 10.0 Å². The molecule has 1 rings (SSSR count). The fourth-order valence-corrected chi connectivity index (χ4v) is 2.70. The number of hydrogen-bond donors (Lipinski definition) is 2. The third-order valence-electron chi connectivity index (χ3n) is 3.04. The second kappa shape index (κ2) is 8.17. The molecule has 0 unspecified atom stereocenters. The highest BCUT2D eigenvalue weighted by Crippen LogP contribution is 2.19. The molecule has 0 saturated heterocycles. The van der Waals surface area contributed by atoms with Gasteiger partial charge in [0.15, 0.2) is 0 Å². The number of anilines is 1. The summed E-state index contributed by atoms with van der Waals surface area (Å²) in [5.41, 5.74) is 0.596. The van der Waals surface area contributed by atoms with E-state index in [1.54, 1.807) is 18.2 Å². The van der Waals surface area contributed by atoms with Crippen molar-refractivity contribution < 1.29 is 8.42 Å². The van der Waals surface area contributed by atoms with E-state index in [4.69, 9.17) is 5.14 Å². The molecule has 1 aromatic carbocycles. The summed E-state index contributed by atoms with van der Waals surface area (Å²) >= 11 is 0. The number of nitrogens with one attached hydrogen (secondary N) is 1. The van der Waals surface area contributed by atoms with Crippen molar-refractivity contribution in [1.82, 2.24) is 0 Å². The summed E-state index contributed by atoms with van der Waals surface area (Å²) in [5.74, 6) is 0. The molecule has 0 saturated carbocycles. The van der Waals surface area contributed by atoms with Crippen LogP contribution in [0.3, 0.4) is 0 Å². The molecule has 0 radical (unpaired) electrons. The van der Waals surface area contributed by atoms with Crippen molar-refractivity contribution in [3.05, 3.63) is 24.3 Å². The van der Waals surface area contributed by atoms with Crippen LogP contribution in [0.5, 0.6) is 0 Å². The van der Waals surface area contributed by atoms with E-state index in [0.717, 1.165) is 13.0 Å². The van der Waals surface area contributed by atoms with Gasteiger partial charge in [-0.2, -0.15) is 0 Å². The van der Waals surface area contributed by atoms with Crippen LogP contribution in [0.2, 0.25) is 0 Å². The number of sulfonamides is 1. The average molecular weight is 284 g/mol. The Bertz CT molecular complexity index is 472. The fraction of sp³-hybridized carbons (Fsp3) is 0.571. The molecule has 0 heterocycles. The van der Waals surface area contributed by atoms with Gasteiger partial charge in [0, 0.05) is 6.54 Å². The van der Waals surface area contributed by atoms with Crippen LogP contribution >= 0.6 is 0 Å². The molecule has 0 aliphatic rings. The Morgan fingerprint density at radius 3 is 2.37 bits per heavy atom. The molecule has 1 aromatic rings. The molecule has 0 bridgehead atoms. The highest BCUT2D eigenvalue weighted by atomic mass is 32.2. The van der Waals surface area contributed by atoms with Crippen LogP contribution in [0.1, 0.15) is 45.4 Å². The molecule has 5 heteroatoms. The first-order valence-electron chi connectivity index (χ1n) is 6.91. The molecule has 0 aromatic heterocycles. The van der Waals surface area contributed by atoms with Crippen molar-refractivity contribution in [2.45, 2.75) is 50.3 Å². The normalized spacial score (nSPS) is 11.5. The van der Waals surface area contributed by atoms with E-state index in [2.05, 4.69) is 12.2 Å². The zero-order chi connectivity index (χ0) is 14.1. The molecule has 3 N–H and O–H groups in total. The standard InChI is InChI=1S/C14H24N2O2S/c1-2-3-4-5-6-9-12-16-13-10-7-8-11-14(13)19(15,17)18/h7-8,10-11,16H,2-6,9,12H2,1H3,(H2,15,17,18). The number of benzene rings is 1. The largest absolute Gasteiger partial charge is 0.384 e. The SMILES string of the molecule is CCCCCCCCNc1ccccc1S(N)(=O)=O. The lowest BCUT2D eigenvalue weighted by molar-refractivity contribution is 0.597. The number of para-hydroxylation sites is 1. The number of nitrogens with two attached hydrogens (primary N) is 1. The highest BCUT2D eigenvalue weighted by molar-refractivity contribution is 7.89. The number of hydrogen-bond acceptors (Lipinski definition) is 3. The van der Waals surface area contributed by atoms with Crippen molar-refractivity contribution in [3.63, 3.8) is 0 Å². The van der Waals surface area contributed by atoms with E-state index in [1.807, 2.05) is 0 Å². The maximum atomic E-state index is 11.4. The third kappa shape index (κ3) is 6.07. The summed E-state index contributed by atoms with van der Waals surface area (Å²) in [5, 5.41) is 8.33. The van der Waals surface area contributed by atoms with Crippen molar-refractivity contribution in [2.75, 3.05) is 11.9 Å². The Morgan fingerprint density at radius 2 is 1.68 bits per heavy atom. The van der Waals surface area contributed by atoms with Crippen LogP contribution in [0.15, 0.2) is 29.2 Å². The van der Waals surface area contributed by atoms with Gasteiger partial charge in [0.25, 0.3) is 0 Å². The Morgan fingerprint density at radius 1 is 1.05 bits per heavy atom. The highest BCUT2D eigenvalue weighted by Gasteiger charge is 2.12. The van der Waals surface area contributed by atoms with E-state index >= 15 is 0 Å². The molecule has 108 valence electrons. The molecular weight excluding hydrogens is 260 g/mol. The van der Waals surface area contributed by atoms with Gasteiger partial charge in [0.1, 0.15) is 4.90 Å². The van der Waals surface area contributed by atoms with Gasteiger partial charge < -0.3 is 5.32 Å². The van der Waals surface area contributed by atoms with Crippen LogP contribution in [0.25, 0.3) is 0 Å². The van der Waals surface area contributed by atoms with Crippen molar-refractivity contribution >= 4 is 15.7 Å². The van der Waals surface area contributed by atoms with Gasteiger partial charge in [0.05, 0.1) is 5.69 Å². The lowest BCUT2D eigenvalue weighted by Gasteiger charge is -2.10. The molecule has 19 heavy (non-hydrogen) atoms. The molecule has 0 amide bonds. The van der Waals surface area contributed by atoms with E-state index in [0.29, 0.717) is 5.69 Å². The second-order valence-electron chi connectivity index (χ2n) is 4.74. The van der Waals surface area contributed by atoms with Crippen LogP contribution in [0.4, 0.5) is 5.69 Å². The van der Waals surface area contributed by atoms with Gasteiger partial charge in [-0.15, -0.1) is 0 Å². The lowest BCUT2D eigenvalue weighted by atomic mass is 10.1. The van der Waals surface area contributed by atoms with E-state index in [-0.39, 0.29) is 4.90 Å². The monoisotopic (exact) mass is 284 g/mol. The fourth-order valence-electron chi connectivity index (χ4n) is 1.99. The molecule has 0 atom stereocenters. The molecule has 0 aliphatic heterocycles. The summed E-state index contributed by atoms with van der Waals surface area (Å²) in [6.07, 6.45) is 7.28. The Kier molecular flexibility index (Phi) is 6.87. The van der Waals surface area contributed by atoms with Gasteiger partial charge in [-0.1, -0.05) is 51.2 Å². The zero-order valence-electron chi connectivity index (χ0n) is 11.6. The summed E-state index contributed by atoms with van der Waals surface area (Å²) in [6.45, 7) is 2.98. The summed E-state index contributed by atoms with van der Waals surface area (Å²) in [6, 6.07) is 6.75. The average Bonchev–Trinajstić information content (AvgIpc) is 2.37. The minimum Gasteiger partial charge on any atom is -0.384 e. The first kappa shape index (κ1) is 16.0. The molecule has 0 spiro atoms. The molecule has 0 fully saturated rings. The maximum Gasteiger partial charge on any atom is 0.240 e. The van der Waals surface area contributed by atoms with Gasteiger partial charge in [-0.05, 0) is 18.6 Å². The minimum atomic E-state index is -3.65. The lowest BCUT2D eigenvalue weighted by Crippen LogP contribution is -2.15. The minimum absolute atomic E-state index is 0.168. The second-order valence-corrected chi connectivity index (χ2v) is 6.27. The predicted molar refractivity (Wildman–Crippen MR) is 79.7 cm³/mol. The number of primary sulfonamides is 1. The van der Waals surface area contributed by atoms with E-state index < -0.39 is 10.0 Å². The van der Waals surface area contributed by atoms with Crippen molar-refractivity contribution in [2.24, 2.45) is 5.14 Å². The van der Waals surface area contributed by atoms with Gasteiger partial charge >= 0.3 is 0 Å². The van der Waals surface area contributed by atoms with E-state index in [9.17, 15) is 8.42 Å². The maximum absolute atomic E-state index is 11.4. The van der Waals surface area contributed by atoms with Crippen LogP contribution in [-0.2, 0) is 10.0 Å². The Labute approximate surface area is 116 Å². The first-order chi connectivity index (χ1) is 9.05. The topological polar surface area (TPSA) is 72.2 Å². The van der Waals surface area contributed by atoms with E-state index in [1.165, 1.54) is 38.2 Å². The smallest absolute Gasteiger partial charge is 0.240 e. The van der Waals surface area contributed by atoms with Gasteiger partial charge in [-0.25, -0.2) is 13.6 Å². The summed E-state index contributed by atoms with van der Waals surface area (Å²) in [7, 11) is -3.65. The third-order valence-corrected chi connectivity index (χ3v) is 4.01. The molecule has 4 nitrogen and oxygen atoms in total. The zero-order valence-corrected chi connectivity index (χ0v) is 12.4. The summed E-state index contributed by atoms with van der Waals surface area (Å²) < 4.78 is 22.8. The van der Waals surface area contributed by atoms with Crippen molar-refractivity contribution in [3.8, 4) is 0 Å². The van der Waals surface area contributed by atoms with Crippen LogP contribution in [-0.4, -0.2) is 15.0 Å². The Balaban J connectivity index is 2.38. The quantitative estimate of drug-likeness (QED) is 0.684. The molecule has 0 aliphatic carbocycles. The molecular formula is C14H24N2O2S. The number of rotatable bonds is 9. The van der Waals surface area contributed by atoms with Crippen LogP contribution in [0, 0.1) is 0 Å². The first-order valence-corrected chi connectivity index (χ1v) is 8.46. The predicted octanol–water partition coefficient (Wildman–Crippen LogP) is 3.11.